The Labute approximate surface area is 119 Å². The van der Waals surface area contributed by atoms with E-state index in [0.717, 1.165) is 16.3 Å². The fraction of sp³-hybridized carbons (Fsp3) is 0.231. The van der Waals surface area contributed by atoms with Gasteiger partial charge in [0.25, 0.3) is 5.91 Å². The van der Waals surface area contributed by atoms with Crippen molar-refractivity contribution in [3.63, 3.8) is 0 Å². The molecule has 0 fully saturated rings. The SMILES string of the molecule is Cc1nc(C)c(C(=O)NCc2nnc3ccccn23)s1. The Morgan fingerprint density at radius 1 is 1.35 bits per heavy atom. The highest BCUT2D eigenvalue weighted by atomic mass is 32.1. The molecule has 0 aromatic carbocycles. The van der Waals surface area contributed by atoms with E-state index in [1.54, 1.807) is 0 Å². The first-order valence-electron chi connectivity index (χ1n) is 6.16. The second-order valence-electron chi connectivity index (χ2n) is 4.38. The van der Waals surface area contributed by atoms with Gasteiger partial charge in [-0.05, 0) is 26.0 Å². The van der Waals surface area contributed by atoms with E-state index in [-0.39, 0.29) is 5.91 Å². The lowest BCUT2D eigenvalue weighted by molar-refractivity contribution is 0.0953. The molecule has 7 heteroatoms. The quantitative estimate of drug-likeness (QED) is 0.796. The lowest BCUT2D eigenvalue weighted by Crippen LogP contribution is -2.23. The Morgan fingerprint density at radius 3 is 2.95 bits per heavy atom. The molecular formula is C13H13N5OS. The fourth-order valence-electron chi connectivity index (χ4n) is 1.99. The molecule has 1 N–H and O–H groups in total. The number of pyridine rings is 1. The Bertz CT molecular complexity index is 776. The molecule has 0 aliphatic heterocycles. The van der Waals surface area contributed by atoms with Gasteiger partial charge in [-0.1, -0.05) is 6.07 Å². The van der Waals surface area contributed by atoms with Crippen LogP contribution in [-0.4, -0.2) is 25.5 Å². The molecule has 3 heterocycles. The van der Waals surface area contributed by atoms with Crippen LogP contribution in [0.1, 0.15) is 26.2 Å². The van der Waals surface area contributed by atoms with Gasteiger partial charge in [0.05, 0.1) is 17.2 Å². The third-order valence-corrected chi connectivity index (χ3v) is 3.97. The number of thiazole rings is 1. The summed E-state index contributed by atoms with van der Waals surface area (Å²) in [6.07, 6.45) is 1.87. The molecular weight excluding hydrogens is 274 g/mol. The highest BCUT2D eigenvalue weighted by Gasteiger charge is 2.14. The molecule has 0 unspecified atom stereocenters. The fourth-order valence-corrected chi connectivity index (χ4v) is 2.83. The van der Waals surface area contributed by atoms with E-state index >= 15 is 0 Å². The number of aryl methyl sites for hydroxylation is 2. The second-order valence-corrected chi connectivity index (χ2v) is 5.58. The van der Waals surface area contributed by atoms with Gasteiger partial charge in [-0.25, -0.2) is 4.98 Å². The zero-order valence-corrected chi connectivity index (χ0v) is 11.9. The molecule has 0 aliphatic rings. The molecule has 20 heavy (non-hydrogen) atoms. The maximum absolute atomic E-state index is 12.1. The van der Waals surface area contributed by atoms with Gasteiger partial charge in [-0.15, -0.1) is 21.5 Å². The van der Waals surface area contributed by atoms with E-state index in [4.69, 9.17) is 0 Å². The molecule has 3 rings (SSSR count). The number of aromatic nitrogens is 4. The molecule has 0 saturated heterocycles. The minimum absolute atomic E-state index is 0.124. The maximum atomic E-state index is 12.1. The summed E-state index contributed by atoms with van der Waals surface area (Å²) in [7, 11) is 0. The van der Waals surface area contributed by atoms with Crippen LogP contribution in [0.5, 0.6) is 0 Å². The summed E-state index contributed by atoms with van der Waals surface area (Å²) in [6.45, 7) is 4.06. The molecule has 102 valence electrons. The van der Waals surface area contributed by atoms with Gasteiger partial charge in [-0.2, -0.15) is 0 Å². The molecule has 0 atom stereocenters. The largest absolute Gasteiger partial charge is 0.344 e. The number of carbonyl (C=O) groups is 1. The number of fused-ring (bicyclic) bond motifs is 1. The van der Waals surface area contributed by atoms with Gasteiger partial charge in [0.2, 0.25) is 0 Å². The first kappa shape index (κ1) is 12.7. The number of nitrogens with zero attached hydrogens (tertiary/aromatic N) is 4. The van der Waals surface area contributed by atoms with Crippen molar-refractivity contribution < 1.29 is 4.79 Å². The normalized spacial score (nSPS) is 10.9. The first-order valence-corrected chi connectivity index (χ1v) is 6.97. The zero-order chi connectivity index (χ0) is 14.1. The predicted octanol–water partition coefficient (Wildman–Crippen LogP) is 1.73. The van der Waals surface area contributed by atoms with Crippen LogP contribution in [-0.2, 0) is 6.54 Å². The number of carbonyl (C=O) groups excluding carboxylic acids is 1. The van der Waals surface area contributed by atoms with E-state index in [1.807, 2.05) is 42.6 Å². The number of nitrogens with one attached hydrogen (secondary N) is 1. The van der Waals surface area contributed by atoms with Crippen LogP contribution in [0.15, 0.2) is 24.4 Å². The number of hydrogen-bond acceptors (Lipinski definition) is 5. The lowest BCUT2D eigenvalue weighted by atomic mass is 10.3. The van der Waals surface area contributed by atoms with Gasteiger partial charge in [0, 0.05) is 6.20 Å². The topological polar surface area (TPSA) is 72.2 Å². The van der Waals surface area contributed by atoms with Crippen molar-refractivity contribution in [3.05, 3.63) is 45.8 Å². The van der Waals surface area contributed by atoms with Crippen molar-refractivity contribution in [1.29, 1.82) is 0 Å². The van der Waals surface area contributed by atoms with E-state index in [1.165, 1.54) is 11.3 Å². The van der Waals surface area contributed by atoms with Gasteiger partial charge in [0.1, 0.15) is 4.88 Å². The first-order chi connectivity index (χ1) is 9.65. The Hall–Kier alpha value is -2.28. The number of rotatable bonds is 3. The molecule has 1 amide bonds. The molecule has 0 spiro atoms. The van der Waals surface area contributed by atoms with Crippen LogP contribution in [0.2, 0.25) is 0 Å². The Morgan fingerprint density at radius 2 is 2.20 bits per heavy atom. The third-order valence-electron chi connectivity index (χ3n) is 2.90. The average molecular weight is 287 g/mol. The number of amides is 1. The summed E-state index contributed by atoms with van der Waals surface area (Å²) in [5, 5.41) is 11.9. The van der Waals surface area contributed by atoms with Gasteiger partial charge in [0.15, 0.2) is 11.5 Å². The summed E-state index contributed by atoms with van der Waals surface area (Å²) in [5.41, 5.74) is 1.53. The van der Waals surface area contributed by atoms with Gasteiger partial charge in [-0.3, -0.25) is 9.20 Å². The van der Waals surface area contributed by atoms with Crippen LogP contribution in [0.3, 0.4) is 0 Å². The van der Waals surface area contributed by atoms with Crippen LogP contribution in [0.25, 0.3) is 5.65 Å². The molecule has 0 radical (unpaired) electrons. The maximum Gasteiger partial charge on any atom is 0.263 e. The van der Waals surface area contributed by atoms with E-state index < -0.39 is 0 Å². The van der Waals surface area contributed by atoms with Crippen molar-refractivity contribution in [2.24, 2.45) is 0 Å². The van der Waals surface area contributed by atoms with Crippen molar-refractivity contribution in [1.82, 2.24) is 24.9 Å². The van der Waals surface area contributed by atoms with E-state index in [9.17, 15) is 4.79 Å². The van der Waals surface area contributed by atoms with Crippen LogP contribution < -0.4 is 5.32 Å². The Balaban J connectivity index is 1.76. The highest BCUT2D eigenvalue weighted by Crippen LogP contribution is 2.16. The smallest absolute Gasteiger partial charge is 0.263 e. The molecule has 0 saturated carbocycles. The van der Waals surface area contributed by atoms with Crippen molar-refractivity contribution in [2.45, 2.75) is 20.4 Å². The Kier molecular flexibility index (Phi) is 3.19. The minimum Gasteiger partial charge on any atom is -0.344 e. The summed E-state index contributed by atoms with van der Waals surface area (Å²) in [4.78, 5) is 17.0. The number of hydrogen-bond donors (Lipinski definition) is 1. The van der Waals surface area contributed by atoms with Crippen molar-refractivity contribution in [2.75, 3.05) is 0 Å². The minimum atomic E-state index is -0.124. The molecule has 0 aliphatic carbocycles. The zero-order valence-electron chi connectivity index (χ0n) is 11.1. The van der Waals surface area contributed by atoms with Gasteiger partial charge < -0.3 is 5.32 Å². The standard InChI is InChI=1S/C13H13N5OS/c1-8-12(20-9(2)15-8)13(19)14-7-11-17-16-10-5-3-4-6-18(10)11/h3-6H,7H2,1-2H3,(H,14,19). The average Bonchev–Trinajstić information content (AvgIpc) is 2.99. The summed E-state index contributed by atoms with van der Waals surface area (Å²) >= 11 is 1.40. The third kappa shape index (κ3) is 2.27. The molecule has 3 aromatic heterocycles. The van der Waals surface area contributed by atoms with Crippen molar-refractivity contribution in [3.8, 4) is 0 Å². The summed E-state index contributed by atoms with van der Waals surface area (Å²) in [6, 6.07) is 5.67. The molecule has 0 bridgehead atoms. The predicted molar refractivity (Wildman–Crippen MR) is 75.7 cm³/mol. The summed E-state index contributed by atoms with van der Waals surface area (Å²) < 4.78 is 1.85. The lowest BCUT2D eigenvalue weighted by Gasteiger charge is -2.02. The molecule has 6 nitrogen and oxygen atoms in total. The summed E-state index contributed by atoms with van der Waals surface area (Å²) in [5.74, 6) is 0.577. The van der Waals surface area contributed by atoms with E-state index in [2.05, 4.69) is 20.5 Å². The monoisotopic (exact) mass is 287 g/mol. The van der Waals surface area contributed by atoms with E-state index in [0.29, 0.717) is 17.2 Å². The highest BCUT2D eigenvalue weighted by molar-refractivity contribution is 7.13. The van der Waals surface area contributed by atoms with Gasteiger partial charge >= 0.3 is 0 Å². The van der Waals surface area contributed by atoms with Crippen LogP contribution in [0.4, 0.5) is 0 Å². The second kappa shape index (κ2) is 5.01. The van der Waals surface area contributed by atoms with Crippen LogP contribution in [0, 0.1) is 13.8 Å². The molecule has 3 aromatic rings. The van der Waals surface area contributed by atoms with Crippen LogP contribution >= 0.6 is 11.3 Å². The van der Waals surface area contributed by atoms with Crippen molar-refractivity contribution >= 4 is 22.9 Å².